The number of fused-ring (bicyclic) bond motifs is 10. The summed E-state index contributed by atoms with van der Waals surface area (Å²) in [6, 6.07) is 0. The number of hydrogen-bond donors (Lipinski definition) is 3. The number of esters is 2. The minimum atomic E-state index is -0.629. The molecule has 14 nitrogen and oxygen atoms in total. The van der Waals surface area contributed by atoms with E-state index < -0.39 is 30.6 Å². The Balaban J connectivity index is 0.000000320. The summed E-state index contributed by atoms with van der Waals surface area (Å²) in [4.78, 5) is 61.9. The number of methoxy groups -OCH3 is 2. The van der Waals surface area contributed by atoms with E-state index in [4.69, 9.17) is 28.4 Å². The topological polar surface area (TPSA) is 201 Å². The average molecular weight is 1080 g/mol. The first-order valence-corrected chi connectivity index (χ1v) is 29.4. The first-order valence-electron chi connectivity index (χ1n) is 29.4. The Morgan fingerprint density at radius 1 is 0.618 bits per heavy atom. The van der Waals surface area contributed by atoms with E-state index in [1.807, 2.05) is 0 Å². The molecule has 0 aliphatic heterocycles. The van der Waals surface area contributed by atoms with Gasteiger partial charge in [0.1, 0.15) is 18.0 Å². The normalized spacial score (nSPS) is 43.5. The van der Waals surface area contributed by atoms with Gasteiger partial charge in [0.05, 0.1) is 45.7 Å². The van der Waals surface area contributed by atoms with E-state index in [0.717, 1.165) is 89.9 Å². The number of rotatable bonds is 14. The standard InChI is InChI=1S/C30H50O7.C30H48O7.B.Na.H/c2*1-7-19-22-15-18(37-28(34)36-8-2)13-14-29(22,4)26-23(31)16-30(5)20(17(3)9-12-24(32)35-6)10-11-21(30)25(26)27(19)33;;;/h17-23,25-27,31,33H,7-16H2,1-6H3;17-23,25-26,31H,7-16H2,1-6H3;;;/q;;;+1;-1/t17-,18-,19-,20-,21?,22+,23+,25?,26?,27-,29+,30-;17-,18-,19-,20-,21?,22+,23+,25?,26?,29+,30-;;;/m11.../s1. The molecule has 0 spiro atoms. The van der Waals surface area contributed by atoms with Crippen molar-refractivity contribution in [2.75, 3.05) is 27.4 Å². The van der Waals surface area contributed by atoms with Gasteiger partial charge in [-0.1, -0.05) is 61.8 Å². The molecule has 0 aromatic heterocycles. The molecule has 8 rings (SSSR count). The number of carbonyl (C=O) groups is 5. The predicted octanol–water partition coefficient (Wildman–Crippen LogP) is 7.65. The van der Waals surface area contributed by atoms with Crippen LogP contribution in [0.4, 0.5) is 9.59 Å². The van der Waals surface area contributed by atoms with E-state index >= 15 is 0 Å². The van der Waals surface area contributed by atoms with Crippen LogP contribution in [0.15, 0.2) is 0 Å². The van der Waals surface area contributed by atoms with E-state index in [0.29, 0.717) is 67.7 Å². The molecule has 0 bridgehead atoms. The second-order valence-corrected chi connectivity index (χ2v) is 26.1. The minimum absolute atomic E-state index is 0. The van der Waals surface area contributed by atoms with Crippen LogP contribution in [0.1, 0.15) is 186 Å². The second-order valence-electron chi connectivity index (χ2n) is 26.1. The predicted molar refractivity (Wildman–Crippen MR) is 285 cm³/mol. The van der Waals surface area contributed by atoms with Crippen LogP contribution >= 0.6 is 0 Å². The minimum Gasteiger partial charge on any atom is -1.00 e. The van der Waals surface area contributed by atoms with Crippen molar-refractivity contribution in [1.29, 1.82) is 0 Å². The van der Waals surface area contributed by atoms with Gasteiger partial charge in [-0.25, -0.2) is 9.59 Å². The summed E-state index contributed by atoms with van der Waals surface area (Å²) in [6.07, 6.45) is 11.2. The summed E-state index contributed by atoms with van der Waals surface area (Å²) in [5.41, 5.74) is -0.433. The Kier molecular flexibility index (Phi) is 22.5. The van der Waals surface area contributed by atoms with E-state index in [-0.39, 0.29) is 145 Å². The molecule has 0 amide bonds. The van der Waals surface area contributed by atoms with Gasteiger partial charge in [-0.05, 0) is 197 Å². The largest absolute Gasteiger partial charge is 1.00 e. The SMILES string of the molecule is CCOC(=O)O[C@@H]1CC[C@]2(C)C3C(C(=O)[C@H](CC)[C@@H]2C1)C1CC[C@H]([C@H](C)CCC(=O)OC)[C@@]1(C)C[C@@H]3O.CCOC(=O)O[C@@H]1CC[C@]2(C)C3C(C4CC[C@H]([C@H](C)CCC(=O)OC)[C@@]4(C)C[C@@H]3O)[C@H](O)[C@H](CC)[C@@H]2C1.[B].[H-].[Na+]. The molecule has 427 valence electrons. The zero-order chi connectivity index (χ0) is 54.2. The van der Waals surface area contributed by atoms with Gasteiger partial charge in [0.2, 0.25) is 0 Å². The number of hydrogen-bond acceptors (Lipinski definition) is 14. The molecule has 0 heterocycles. The Morgan fingerprint density at radius 2 is 1.07 bits per heavy atom. The van der Waals surface area contributed by atoms with Crippen molar-refractivity contribution in [1.82, 2.24) is 0 Å². The summed E-state index contributed by atoms with van der Waals surface area (Å²) in [7, 11) is 2.87. The van der Waals surface area contributed by atoms with Gasteiger partial charge in [-0.15, -0.1) is 0 Å². The maximum Gasteiger partial charge on any atom is 1.00 e. The Morgan fingerprint density at radius 3 is 1.53 bits per heavy atom. The van der Waals surface area contributed by atoms with Gasteiger partial charge >= 0.3 is 53.8 Å². The molecular weight excluding hydrogens is 978 g/mol. The Labute approximate surface area is 481 Å². The fourth-order valence-corrected chi connectivity index (χ4v) is 19.8. The smallest absolute Gasteiger partial charge is 1.00 e. The number of ether oxygens (including phenoxy) is 6. The fourth-order valence-electron chi connectivity index (χ4n) is 19.8. The Bertz CT molecular complexity index is 2000. The summed E-state index contributed by atoms with van der Waals surface area (Å²) in [5.74, 6) is 2.36. The molecule has 6 unspecified atom stereocenters. The molecule has 0 aromatic rings. The molecule has 0 aromatic carbocycles. The quantitative estimate of drug-likeness (QED) is 0.0870. The molecular formula is C60H99BNaO14. The fraction of sp³-hybridized carbons (Fsp3) is 0.917. The molecule has 8 saturated carbocycles. The van der Waals surface area contributed by atoms with Crippen LogP contribution in [0.3, 0.4) is 0 Å². The molecule has 8 fully saturated rings. The maximum absolute atomic E-state index is 14.3. The number of Topliss-reactive ketones (excluding diaryl/α,β-unsaturated/α-hetero) is 1. The first-order chi connectivity index (χ1) is 35.0. The van der Waals surface area contributed by atoms with Crippen LogP contribution in [0.5, 0.6) is 0 Å². The molecule has 3 radical (unpaired) electrons. The van der Waals surface area contributed by atoms with Crippen LogP contribution < -0.4 is 29.6 Å². The van der Waals surface area contributed by atoms with E-state index in [9.17, 15) is 39.3 Å². The summed E-state index contributed by atoms with van der Waals surface area (Å²) < 4.78 is 31.1. The number of aliphatic hydroxyl groups excluding tert-OH is 3. The van der Waals surface area contributed by atoms with Crippen LogP contribution in [0.2, 0.25) is 0 Å². The van der Waals surface area contributed by atoms with Crippen molar-refractivity contribution in [2.45, 2.75) is 215 Å². The second kappa shape index (κ2) is 26.3. The monoisotopic (exact) mass is 1080 g/mol. The van der Waals surface area contributed by atoms with Crippen LogP contribution in [-0.4, -0.2) is 112 Å². The van der Waals surface area contributed by atoms with Crippen molar-refractivity contribution in [3.63, 3.8) is 0 Å². The third kappa shape index (κ3) is 12.0. The van der Waals surface area contributed by atoms with Crippen molar-refractivity contribution >= 4 is 38.4 Å². The summed E-state index contributed by atoms with van der Waals surface area (Å²) in [6.45, 7) is 22.1. The van der Waals surface area contributed by atoms with Crippen molar-refractivity contribution < 1.29 is 98.7 Å². The van der Waals surface area contributed by atoms with Crippen molar-refractivity contribution in [3.8, 4) is 0 Å². The average Bonchev–Trinajstić information content (AvgIpc) is 3.89. The number of aliphatic hydroxyl groups is 3. The molecule has 76 heavy (non-hydrogen) atoms. The van der Waals surface area contributed by atoms with Gasteiger partial charge in [0.25, 0.3) is 0 Å². The van der Waals surface area contributed by atoms with Gasteiger partial charge in [0.15, 0.2) is 0 Å². The maximum atomic E-state index is 14.3. The number of ketones is 1. The van der Waals surface area contributed by atoms with Gasteiger partial charge in [-0.2, -0.15) is 0 Å². The third-order valence-corrected chi connectivity index (χ3v) is 23.0. The molecule has 8 aliphatic rings. The summed E-state index contributed by atoms with van der Waals surface area (Å²) >= 11 is 0. The molecule has 16 heteroatoms. The zero-order valence-corrected chi connectivity index (χ0v) is 51.0. The van der Waals surface area contributed by atoms with Crippen molar-refractivity contribution in [2.24, 2.45) is 105 Å². The third-order valence-electron chi connectivity index (χ3n) is 23.0. The van der Waals surface area contributed by atoms with Crippen LogP contribution in [-0.2, 0) is 42.8 Å². The van der Waals surface area contributed by atoms with E-state index in [1.54, 1.807) is 13.8 Å². The molecule has 0 saturated heterocycles. The van der Waals surface area contributed by atoms with Gasteiger partial charge in [-0.3, -0.25) is 14.4 Å². The summed E-state index contributed by atoms with van der Waals surface area (Å²) in [5, 5.41) is 35.6. The molecule has 8 aliphatic carbocycles. The number of carbonyl (C=O) groups excluding carboxylic acids is 5. The van der Waals surface area contributed by atoms with E-state index in [1.165, 1.54) is 14.2 Å². The molecule has 3 N–H and O–H groups in total. The van der Waals surface area contributed by atoms with Crippen molar-refractivity contribution in [3.05, 3.63) is 0 Å². The zero-order valence-electron chi connectivity index (χ0n) is 50.0. The first kappa shape index (κ1) is 64.9. The van der Waals surface area contributed by atoms with Gasteiger partial charge < -0.3 is 45.2 Å². The van der Waals surface area contributed by atoms with Gasteiger partial charge in [0, 0.05) is 39.0 Å². The molecule has 23 atom stereocenters. The Hall–Kier alpha value is -1.91. The van der Waals surface area contributed by atoms with Crippen LogP contribution in [0, 0.1) is 105 Å². The van der Waals surface area contributed by atoms with Crippen LogP contribution in [0.25, 0.3) is 0 Å². The van der Waals surface area contributed by atoms with E-state index in [2.05, 4.69) is 55.4 Å².